The van der Waals surface area contributed by atoms with Crippen LogP contribution in [0.4, 0.5) is 0 Å². The Balaban J connectivity index is 1.63. The van der Waals surface area contributed by atoms with E-state index >= 15 is 0 Å². The van der Waals surface area contributed by atoms with Gasteiger partial charge in [-0.05, 0) is 54.4 Å². The van der Waals surface area contributed by atoms with Crippen LogP contribution < -0.4 is 20.2 Å². The number of hydrogen-bond donors (Lipinski definition) is 2. The van der Waals surface area contributed by atoms with E-state index in [1.54, 1.807) is 61.7 Å². The monoisotopic (exact) mass is 527 g/mol. The summed E-state index contributed by atoms with van der Waals surface area (Å²) in [5.74, 6) is 0.237. The number of halogens is 2. The van der Waals surface area contributed by atoms with Gasteiger partial charge >= 0.3 is 0 Å². The van der Waals surface area contributed by atoms with Gasteiger partial charge in [0, 0.05) is 26.7 Å². The minimum atomic E-state index is -0.782. The quantitative estimate of drug-likeness (QED) is 0.269. The summed E-state index contributed by atoms with van der Waals surface area (Å²) >= 11 is 12.2. The molecule has 0 fully saturated rings. The number of rotatable bonds is 10. The third-order valence-corrected chi connectivity index (χ3v) is 5.87. The molecule has 3 aromatic carbocycles. The zero-order valence-electron chi connectivity index (χ0n) is 20.1. The summed E-state index contributed by atoms with van der Waals surface area (Å²) in [5, 5.41) is 7.90. The molecule has 0 radical (unpaired) electrons. The van der Waals surface area contributed by atoms with Crippen molar-refractivity contribution in [2.24, 2.45) is 11.0 Å². The first kappa shape index (κ1) is 27.0. The molecule has 0 aliphatic heterocycles. The van der Waals surface area contributed by atoms with Crippen LogP contribution >= 0.6 is 23.2 Å². The van der Waals surface area contributed by atoms with E-state index in [2.05, 4.69) is 15.8 Å². The molecule has 1 atom stereocenters. The Bertz CT molecular complexity index is 1230. The number of methoxy groups -OCH3 is 1. The lowest BCUT2D eigenvalue weighted by atomic mass is 10.0. The van der Waals surface area contributed by atoms with Crippen molar-refractivity contribution < 1.29 is 19.1 Å². The molecule has 0 saturated heterocycles. The van der Waals surface area contributed by atoms with Gasteiger partial charge in [-0.15, -0.1) is 0 Å². The molecule has 0 aliphatic rings. The van der Waals surface area contributed by atoms with Gasteiger partial charge in [-0.25, -0.2) is 5.43 Å². The van der Waals surface area contributed by atoms with Crippen LogP contribution in [-0.2, 0) is 11.4 Å². The summed E-state index contributed by atoms with van der Waals surface area (Å²) in [6, 6.07) is 18.3. The maximum absolute atomic E-state index is 12.8. The van der Waals surface area contributed by atoms with Crippen LogP contribution in [0.15, 0.2) is 71.8 Å². The summed E-state index contributed by atoms with van der Waals surface area (Å²) in [7, 11) is 1.55. The van der Waals surface area contributed by atoms with Gasteiger partial charge in [0.2, 0.25) is 0 Å². The highest BCUT2D eigenvalue weighted by Gasteiger charge is 2.24. The fraction of sp³-hybridized carbons (Fsp3) is 0.222. The van der Waals surface area contributed by atoms with E-state index in [0.717, 1.165) is 5.56 Å². The Morgan fingerprint density at radius 3 is 2.42 bits per heavy atom. The van der Waals surface area contributed by atoms with Crippen molar-refractivity contribution in [3.05, 3.63) is 93.5 Å². The van der Waals surface area contributed by atoms with E-state index in [-0.39, 0.29) is 18.4 Å². The molecule has 0 saturated carbocycles. The van der Waals surface area contributed by atoms with Crippen molar-refractivity contribution in [1.29, 1.82) is 0 Å². The zero-order valence-corrected chi connectivity index (χ0v) is 21.6. The molecule has 3 rings (SSSR count). The van der Waals surface area contributed by atoms with Gasteiger partial charge in [-0.3, -0.25) is 9.59 Å². The van der Waals surface area contributed by atoms with E-state index in [4.69, 9.17) is 32.7 Å². The fourth-order valence-electron chi connectivity index (χ4n) is 3.25. The van der Waals surface area contributed by atoms with Crippen molar-refractivity contribution >= 4 is 41.2 Å². The second kappa shape index (κ2) is 13.0. The fourth-order valence-corrected chi connectivity index (χ4v) is 3.71. The van der Waals surface area contributed by atoms with Gasteiger partial charge in [0.05, 0.1) is 13.3 Å². The van der Waals surface area contributed by atoms with Gasteiger partial charge in [0.15, 0.2) is 0 Å². The molecule has 0 bridgehead atoms. The SMILES string of the molecule is COc1ccc(C(=O)NC(C(=O)NN=Cc2ccccc2OCc2ccc(Cl)cc2Cl)C(C)C)cc1. The molecule has 0 heterocycles. The van der Waals surface area contributed by atoms with E-state index in [1.165, 1.54) is 6.21 Å². The van der Waals surface area contributed by atoms with Crippen LogP contribution in [0.5, 0.6) is 11.5 Å². The van der Waals surface area contributed by atoms with Gasteiger partial charge in [0.1, 0.15) is 24.1 Å². The average molecular weight is 528 g/mol. The third kappa shape index (κ3) is 7.47. The van der Waals surface area contributed by atoms with Gasteiger partial charge < -0.3 is 14.8 Å². The molecule has 36 heavy (non-hydrogen) atoms. The highest BCUT2D eigenvalue weighted by molar-refractivity contribution is 6.35. The molecule has 7 nitrogen and oxygen atoms in total. The number of ether oxygens (including phenoxy) is 2. The average Bonchev–Trinajstić information content (AvgIpc) is 2.87. The Labute approximate surface area is 220 Å². The van der Waals surface area contributed by atoms with Crippen molar-refractivity contribution in [3.8, 4) is 11.5 Å². The Kier molecular flexibility index (Phi) is 9.73. The largest absolute Gasteiger partial charge is 0.497 e. The van der Waals surface area contributed by atoms with Crippen LogP contribution in [0.2, 0.25) is 10.0 Å². The highest BCUT2D eigenvalue weighted by Crippen LogP contribution is 2.24. The number of amides is 2. The standard InChI is InChI=1S/C27H27Cl2N3O4/c1-17(2)25(31-26(33)18-9-12-22(35-3)13-10-18)27(34)32-30-15-19-6-4-5-7-24(19)36-16-20-8-11-21(28)14-23(20)29/h4-15,17,25H,16H2,1-3H3,(H,31,33)(H,32,34). The molecule has 1 unspecified atom stereocenters. The predicted molar refractivity (Wildman–Crippen MR) is 142 cm³/mol. The molecule has 3 aromatic rings. The predicted octanol–water partition coefficient (Wildman–Crippen LogP) is 5.49. The first-order valence-corrected chi connectivity index (χ1v) is 12.0. The first-order valence-electron chi connectivity index (χ1n) is 11.2. The van der Waals surface area contributed by atoms with Crippen molar-refractivity contribution in [2.45, 2.75) is 26.5 Å². The lowest BCUT2D eigenvalue weighted by molar-refractivity contribution is -0.123. The number of benzene rings is 3. The van der Waals surface area contributed by atoms with Crippen LogP contribution in [0.1, 0.15) is 35.3 Å². The highest BCUT2D eigenvalue weighted by atomic mass is 35.5. The summed E-state index contributed by atoms with van der Waals surface area (Å²) in [4.78, 5) is 25.4. The molecule has 2 N–H and O–H groups in total. The van der Waals surface area contributed by atoms with Crippen LogP contribution in [0.25, 0.3) is 0 Å². The van der Waals surface area contributed by atoms with Gasteiger partial charge in [-0.2, -0.15) is 5.10 Å². The summed E-state index contributed by atoms with van der Waals surface area (Å²) in [6.45, 7) is 3.92. The Morgan fingerprint density at radius 2 is 1.75 bits per heavy atom. The molecular formula is C27H27Cl2N3O4. The maximum Gasteiger partial charge on any atom is 0.262 e. The molecule has 2 amide bonds. The van der Waals surface area contributed by atoms with E-state index in [0.29, 0.717) is 32.7 Å². The molecule has 9 heteroatoms. The molecule has 0 spiro atoms. The molecule has 0 aliphatic carbocycles. The summed E-state index contributed by atoms with van der Waals surface area (Å²) < 4.78 is 11.0. The van der Waals surface area contributed by atoms with Gasteiger partial charge in [0.25, 0.3) is 11.8 Å². The summed E-state index contributed by atoms with van der Waals surface area (Å²) in [5.41, 5.74) is 4.37. The minimum absolute atomic E-state index is 0.165. The molecule has 188 valence electrons. The van der Waals surface area contributed by atoms with Gasteiger partial charge in [-0.1, -0.05) is 55.2 Å². The van der Waals surface area contributed by atoms with Crippen LogP contribution in [-0.4, -0.2) is 31.2 Å². The Morgan fingerprint density at radius 1 is 1.03 bits per heavy atom. The Hall–Kier alpha value is -3.55. The zero-order chi connectivity index (χ0) is 26.1. The number of nitrogens with one attached hydrogen (secondary N) is 2. The van der Waals surface area contributed by atoms with Crippen molar-refractivity contribution in [2.75, 3.05) is 7.11 Å². The lowest BCUT2D eigenvalue weighted by Gasteiger charge is -2.20. The van der Waals surface area contributed by atoms with Crippen molar-refractivity contribution in [1.82, 2.24) is 10.7 Å². The maximum atomic E-state index is 12.8. The van der Waals surface area contributed by atoms with Crippen LogP contribution in [0.3, 0.4) is 0 Å². The van der Waals surface area contributed by atoms with E-state index < -0.39 is 11.9 Å². The topological polar surface area (TPSA) is 89.0 Å². The van der Waals surface area contributed by atoms with Crippen LogP contribution in [0, 0.1) is 5.92 Å². The number of carbonyl (C=O) groups is 2. The normalized spacial score (nSPS) is 11.8. The van der Waals surface area contributed by atoms with Crippen molar-refractivity contribution in [3.63, 3.8) is 0 Å². The van der Waals surface area contributed by atoms with E-state index in [9.17, 15) is 9.59 Å². The number of hydrazone groups is 1. The summed E-state index contributed by atoms with van der Waals surface area (Å²) in [6.07, 6.45) is 1.49. The third-order valence-electron chi connectivity index (χ3n) is 5.28. The molecule has 0 aromatic heterocycles. The lowest BCUT2D eigenvalue weighted by Crippen LogP contribution is -2.48. The first-order chi connectivity index (χ1) is 17.3. The second-order valence-electron chi connectivity index (χ2n) is 8.22. The number of hydrogen-bond acceptors (Lipinski definition) is 5. The van der Waals surface area contributed by atoms with E-state index in [1.807, 2.05) is 26.0 Å². The number of carbonyl (C=O) groups excluding carboxylic acids is 2. The second-order valence-corrected chi connectivity index (χ2v) is 9.06. The number of para-hydroxylation sites is 1. The molecular weight excluding hydrogens is 501 g/mol. The number of nitrogens with zero attached hydrogens (tertiary/aromatic N) is 1. The minimum Gasteiger partial charge on any atom is -0.497 e. The smallest absolute Gasteiger partial charge is 0.262 e.